The van der Waals surface area contributed by atoms with Crippen LogP contribution in [0, 0.1) is 12.7 Å². The summed E-state index contributed by atoms with van der Waals surface area (Å²) in [6.45, 7) is 11.4. The first-order valence-electron chi connectivity index (χ1n) is 7.18. The average molecular weight is 274 g/mol. The van der Waals surface area contributed by atoms with Crippen LogP contribution in [0.25, 0.3) is 10.9 Å². The molecule has 108 valence electrons. The summed E-state index contributed by atoms with van der Waals surface area (Å²) in [6, 6.07) is 5.17. The summed E-state index contributed by atoms with van der Waals surface area (Å²) in [5.74, 6) is 0.715. The second-order valence-electron chi connectivity index (χ2n) is 6.36. The molecular weight excluding hydrogens is 251 g/mol. The standard InChI is InChI=1S/C17H23FN2/c1-6-7-19-16-14(17(3,4)5)10-12-9-13(18)8-11(2)15(12)20-16/h8-10H,6-7H2,1-5H3,(H,19,20). The number of nitrogens with zero attached hydrogens (tertiary/aromatic N) is 1. The maximum absolute atomic E-state index is 13.6. The van der Waals surface area contributed by atoms with E-state index in [1.807, 2.05) is 6.92 Å². The van der Waals surface area contributed by atoms with E-state index < -0.39 is 0 Å². The zero-order valence-electron chi connectivity index (χ0n) is 13.0. The fourth-order valence-corrected chi connectivity index (χ4v) is 2.37. The van der Waals surface area contributed by atoms with E-state index in [4.69, 9.17) is 4.98 Å². The molecule has 0 saturated carbocycles. The molecule has 1 heterocycles. The van der Waals surface area contributed by atoms with E-state index in [0.717, 1.165) is 40.8 Å². The first-order chi connectivity index (χ1) is 9.32. The first-order valence-corrected chi connectivity index (χ1v) is 7.18. The summed E-state index contributed by atoms with van der Waals surface area (Å²) in [5.41, 5.74) is 2.85. The molecule has 0 fully saturated rings. The lowest BCUT2D eigenvalue weighted by Gasteiger charge is -2.23. The number of anilines is 1. The van der Waals surface area contributed by atoms with Crippen molar-refractivity contribution in [1.29, 1.82) is 0 Å². The number of benzene rings is 1. The monoisotopic (exact) mass is 274 g/mol. The van der Waals surface area contributed by atoms with E-state index in [0.29, 0.717) is 0 Å². The van der Waals surface area contributed by atoms with Crippen molar-refractivity contribution >= 4 is 16.7 Å². The molecule has 2 aromatic rings. The van der Waals surface area contributed by atoms with Crippen LogP contribution in [0.4, 0.5) is 10.2 Å². The molecule has 3 heteroatoms. The van der Waals surface area contributed by atoms with Crippen LogP contribution in [0.5, 0.6) is 0 Å². The highest BCUT2D eigenvalue weighted by atomic mass is 19.1. The van der Waals surface area contributed by atoms with Crippen LogP contribution in [0.3, 0.4) is 0 Å². The van der Waals surface area contributed by atoms with Crippen molar-refractivity contribution in [3.63, 3.8) is 0 Å². The van der Waals surface area contributed by atoms with Crippen LogP contribution in [-0.2, 0) is 5.41 Å². The normalized spacial score (nSPS) is 11.9. The molecule has 0 amide bonds. The molecule has 2 nitrogen and oxygen atoms in total. The van der Waals surface area contributed by atoms with Crippen molar-refractivity contribution in [2.45, 2.75) is 46.5 Å². The second-order valence-corrected chi connectivity index (χ2v) is 6.36. The van der Waals surface area contributed by atoms with Crippen LogP contribution in [-0.4, -0.2) is 11.5 Å². The molecule has 0 aliphatic heterocycles. The van der Waals surface area contributed by atoms with Crippen molar-refractivity contribution in [3.8, 4) is 0 Å². The highest BCUT2D eigenvalue weighted by Gasteiger charge is 2.20. The van der Waals surface area contributed by atoms with Gasteiger partial charge in [0.05, 0.1) is 5.52 Å². The lowest BCUT2D eigenvalue weighted by molar-refractivity contribution is 0.590. The summed E-state index contributed by atoms with van der Waals surface area (Å²) < 4.78 is 13.6. The predicted molar refractivity (Wildman–Crippen MR) is 83.9 cm³/mol. The Bertz CT molecular complexity index is 627. The van der Waals surface area contributed by atoms with Gasteiger partial charge in [-0.15, -0.1) is 0 Å². The predicted octanol–water partition coefficient (Wildman–Crippen LogP) is 4.80. The fourth-order valence-electron chi connectivity index (χ4n) is 2.37. The third kappa shape index (κ3) is 2.92. The Labute approximate surface area is 120 Å². The Hall–Kier alpha value is -1.64. The van der Waals surface area contributed by atoms with Crippen molar-refractivity contribution < 1.29 is 4.39 Å². The zero-order valence-corrected chi connectivity index (χ0v) is 13.0. The number of pyridine rings is 1. The number of nitrogens with one attached hydrogen (secondary N) is 1. The maximum Gasteiger partial charge on any atom is 0.130 e. The fraction of sp³-hybridized carbons (Fsp3) is 0.471. The van der Waals surface area contributed by atoms with Crippen LogP contribution in [0.15, 0.2) is 18.2 Å². The Morgan fingerprint density at radius 2 is 1.90 bits per heavy atom. The molecule has 0 radical (unpaired) electrons. The van der Waals surface area contributed by atoms with Gasteiger partial charge in [0.25, 0.3) is 0 Å². The number of halogens is 1. The molecule has 0 spiro atoms. The Morgan fingerprint density at radius 3 is 2.50 bits per heavy atom. The molecule has 0 aliphatic rings. The minimum atomic E-state index is -0.203. The molecule has 0 atom stereocenters. The van der Waals surface area contributed by atoms with Crippen LogP contribution < -0.4 is 5.32 Å². The second kappa shape index (κ2) is 5.39. The van der Waals surface area contributed by atoms with Gasteiger partial charge in [0.15, 0.2) is 0 Å². The quantitative estimate of drug-likeness (QED) is 0.869. The Balaban J connectivity index is 2.68. The maximum atomic E-state index is 13.6. The SMILES string of the molecule is CCCNc1nc2c(C)cc(F)cc2cc1C(C)(C)C. The van der Waals surface area contributed by atoms with Crippen molar-refractivity contribution in [2.24, 2.45) is 0 Å². The molecule has 0 saturated heterocycles. The molecule has 20 heavy (non-hydrogen) atoms. The van der Waals surface area contributed by atoms with Gasteiger partial charge in [0.2, 0.25) is 0 Å². The van der Waals surface area contributed by atoms with E-state index >= 15 is 0 Å². The van der Waals surface area contributed by atoms with Crippen molar-refractivity contribution in [1.82, 2.24) is 4.98 Å². The molecule has 1 aromatic heterocycles. The average Bonchev–Trinajstić information content (AvgIpc) is 2.34. The minimum Gasteiger partial charge on any atom is -0.370 e. The largest absolute Gasteiger partial charge is 0.370 e. The van der Waals surface area contributed by atoms with Gasteiger partial charge in [0, 0.05) is 17.5 Å². The molecule has 2 rings (SSSR count). The molecule has 0 aliphatic carbocycles. The molecular formula is C17H23FN2. The number of hydrogen-bond donors (Lipinski definition) is 1. The van der Waals surface area contributed by atoms with Gasteiger partial charge >= 0.3 is 0 Å². The zero-order chi connectivity index (χ0) is 14.9. The van der Waals surface area contributed by atoms with Crippen molar-refractivity contribution in [3.05, 3.63) is 35.1 Å². The highest BCUT2D eigenvalue weighted by molar-refractivity contribution is 5.85. The number of rotatable bonds is 3. The van der Waals surface area contributed by atoms with Gasteiger partial charge in [-0.25, -0.2) is 9.37 Å². The Morgan fingerprint density at radius 1 is 1.20 bits per heavy atom. The minimum absolute atomic E-state index is 0.0303. The van der Waals surface area contributed by atoms with Gasteiger partial charge in [-0.3, -0.25) is 0 Å². The van der Waals surface area contributed by atoms with E-state index in [2.05, 4.69) is 39.1 Å². The van der Waals surface area contributed by atoms with Gasteiger partial charge in [0.1, 0.15) is 11.6 Å². The van der Waals surface area contributed by atoms with E-state index in [9.17, 15) is 4.39 Å². The van der Waals surface area contributed by atoms with E-state index in [1.165, 1.54) is 6.07 Å². The lowest BCUT2D eigenvalue weighted by Crippen LogP contribution is -2.17. The third-order valence-corrected chi connectivity index (χ3v) is 3.42. The summed E-state index contributed by atoms with van der Waals surface area (Å²) in [5, 5.41) is 4.27. The summed E-state index contributed by atoms with van der Waals surface area (Å²) >= 11 is 0. The van der Waals surface area contributed by atoms with E-state index in [1.54, 1.807) is 6.07 Å². The van der Waals surface area contributed by atoms with E-state index in [-0.39, 0.29) is 11.2 Å². The summed E-state index contributed by atoms with van der Waals surface area (Å²) in [7, 11) is 0. The molecule has 1 N–H and O–H groups in total. The molecule has 1 aromatic carbocycles. The third-order valence-electron chi connectivity index (χ3n) is 3.42. The highest BCUT2D eigenvalue weighted by Crippen LogP contribution is 2.32. The van der Waals surface area contributed by atoms with Crippen molar-refractivity contribution in [2.75, 3.05) is 11.9 Å². The Kier molecular flexibility index (Phi) is 3.98. The van der Waals surface area contributed by atoms with Gasteiger partial charge in [-0.2, -0.15) is 0 Å². The number of aromatic nitrogens is 1. The van der Waals surface area contributed by atoms with Crippen LogP contribution in [0.2, 0.25) is 0 Å². The molecule has 0 unspecified atom stereocenters. The smallest absolute Gasteiger partial charge is 0.130 e. The summed E-state index contributed by atoms with van der Waals surface area (Å²) in [6.07, 6.45) is 1.05. The van der Waals surface area contributed by atoms with Gasteiger partial charge in [-0.1, -0.05) is 27.7 Å². The number of aryl methyl sites for hydroxylation is 1. The molecule has 0 bridgehead atoms. The lowest BCUT2D eigenvalue weighted by atomic mass is 9.86. The van der Waals surface area contributed by atoms with Gasteiger partial charge in [-0.05, 0) is 42.5 Å². The topological polar surface area (TPSA) is 24.9 Å². The van der Waals surface area contributed by atoms with Gasteiger partial charge < -0.3 is 5.32 Å². The number of hydrogen-bond acceptors (Lipinski definition) is 2. The summed E-state index contributed by atoms with van der Waals surface area (Å²) in [4.78, 5) is 4.74. The van der Waals surface area contributed by atoms with Crippen LogP contribution in [0.1, 0.15) is 45.2 Å². The van der Waals surface area contributed by atoms with Crippen LogP contribution >= 0.6 is 0 Å². The number of fused-ring (bicyclic) bond motifs is 1. The first kappa shape index (κ1) is 14.8.